The molecule has 3 rings (SSSR count). The summed E-state index contributed by atoms with van der Waals surface area (Å²) in [5, 5.41) is 0. The minimum Gasteiger partial charge on any atom is -0.457 e. The Morgan fingerprint density at radius 2 is 1.70 bits per heavy atom. The van der Waals surface area contributed by atoms with E-state index < -0.39 is 47.6 Å². The molecule has 6 nitrogen and oxygen atoms in total. The number of nitrogens with zero attached hydrogens (tertiary/aromatic N) is 1. The number of halogens is 3. The van der Waals surface area contributed by atoms with E-state index in [-0.39, 0.29) is 12.0 Å². The highest BCUT2D eigenvalue weighted by atomic mass is 19.4. The highest BCUT2D eigenvalue weighted by Crippen LogP contribution is 2.44. The standard InChI is InChI=1S/C21H24F3NO5/c1-19(2,3)30-18(27)25-14-10-11-15(25)16(12-14)29-17(26)20(28-4,21(22,23)24)13-8-6-5-7-9-13/h5-11,14-16H,12H2,1-4H3/t14-,15+,16-,20?/m1/s1. The van der Waals surface area contributed by atoms with Gasteiger partial charge in [0, 0.05) is 19.1 Å². The third kappa shape index (κ3) is 3.78. The van der Waals surface area contributed by atoms with Crippen molar-refractivity contribution < 1.29 is 37.0 Å². The van der Waals surface area contributed by atoms with E-state index in [1.54, 1.807) is 32.9 Å². The summed E-state index contributed by atoms with van der Waals surface area (Å²) in [4.78, 5) is 26.7. The van der Waals surface area contributed by atoms with Crippen LogP contribution in [0.15, 0.2) is 42.5 Å². The first-order chi connectivity index (χ1) is 13.9. The monoisotopic (exact) mass is 427 g/mol. The summed E-state index contributed by atoms with van der Waals surface area (Å²) in [5.41, 5.74) is -4.39. The molecule has 1 saturated heterocycles. The number of hydrogen-bond donors (Lipinski definition) is 0. The lowest BCUT2D eigenvalue weighted by molar-refractivity contribution is -0.278. The van der Waals surface area contributed by atoms with E-state index in [4.69, 9.17) is 14.2 Å². The molecule has 1 fully saturated rings. The van der Waals surface area contributed by atoms with Crippen molar-refractivity contribution in [3.05, 3.63) is 48.0 Å². The second kappa shape index (κ2) is 7.61. The van der Waals surface area contributed by atoms with Gasteiger partial charge < -0.3 is 14.2 Å². The molecule has 1 unspecified atom stereocenters. The van der Waals surface area contributed by atoms with E-state index in [9.17, 15) is 22.8 Å². The van der Waals surface area contributed by atoms with E-state index >= 15 is 0 Å². The van der Waals surface area contributed by atoms with Gasteiger partial charge in [-0.15, -0.1) is 0 Å². The van der Waals surface area contributed by atoms with Crippen LogP contribution >= 0.6 is 0 Å². The van der Waals surface area contributed by atoms with Gasteiger partial charge in [0.05, 0.1) is 12.1 Å². The van der Waals surface area contributed by atoms with Crippen molar-refractivity contribution in [3.63, 3.8) is 0 Å². The number of hydrogen-bond acceptors (Lipinski definition) is 5. The van der Waals surface area contributed by atoms with Gasteiger partial charge in [0.25, 0.3) is 5.60 Å². The Bertz CT molecular complexity index is 833. The van der Waals surface area contributed by atoms with Gasteiger partial charge in [-0.2, -0.15) is 13.2 Å². The minimum atomic E-state index is -5.06. The third-order valence-corrected chi connectivity index (χ3v) is 5.10. The molecule has 0 aromatic heterocycles. The molecule has 164 valence electrons. The average molecular weight is 427 g/mol. The molecule has 1 aromatic rings. The largest absolute Gasteiger partial charge is 0.457 e. The zero-order valence-electron chi connectivity index (χ0n) is 17.1. The van der Waals surface area contributed by atoms with Crippen LogP contribution in [0.4, 0.5) is 18.0 Å². The first kappa shape index (κ1) is 22.1. The molecule has 9 heteroatoms. The summed E-state index contributed by atoms with van der Waals surface area (Å²) in [5.74, 6) is -1.57. The highest BCUT2D eigenvalue weighted by molar-refractivity contribution is 5.83. The van der Waals surface area contributed by atoms with Gasteiger partial charge in [-0.05, 0) is 20.8 Å². The van der Waals surface area contributed by atoms with Crippen LogP contribution in [0, 0.1) is 0 Å². The van der Waals surface area contributed by atoms with E-state index in [1.165, 1.54) is 23.1 Å². The van der Waals surface area contributed by atoms with E-state index in [0.29, 0.717) is 0 Å². The van der Waals surface area contributed by atoms with Crippen LogP contribution in [0.1, 0.15) is 32.8 Å². The first-order valence-corrected chi connectivity index (χ1v) is 9.49. The smallest absolute Gasteiger partial charge is 0.432 e. The number of benzene rings is 1. The molecule has 1 aromatic carbocycles. The molecular formula is C21H24F3NO5. The van der Waals surface area contributed by atoms with Gasteiger partial charge in [-0.1, -0.05) is 42.5 Å². The SMILES string of the molecule is COC(C(=O)O[C@@H]1C[C@H]2C=C[C@@H]1N2C(=O)OC(C)(C)C)(c1ccccc1)C(F)(F)F. The summed E-state index contributed by atoms with van der Waals surface area (Å²) in [6.07, 6.45) is -3.04. The van der Waals surface area contributed by atoms with Gasteiger partial charge in [0.15, 0.2) is 0 Å². The molecule has 1 amide bonds. The number of alkyl halides is 3. The lowest BCUT2D eigenvalue weighted by Gasteiger charge is -2.34. The van der Waals surface area contributed by atoms with Crippen LogP contribution in [0.3, 0.4) is 0 Å². The van der Waals surface area contributed by atoms with E-state index in [1.807, 2.05) is 0 Å². The second-order valence-electron chi connectivity index (χ2n) is 8.26. The molecule has 2 aliphatic rings. The maximum absolute atomic E-state index is 14.0. The quantitative estimate of drug-likeness (QED) is 0.538. The lowest BCUT2D eigenvalue weighted by Crippen LogP contribution is -2.53. The Morgan fingerprint density at radius 3 is 2.23 bits per heavy atom. The third-order valence-electron chi connectivity index (χ3n) is 5.10. The van der Waals surface area contributed by atoms with E-state index in [2.05, 4.69) is 0 Å². The number of rotatable bonds is 4. The van der Waals surface area contributed by atoms with E-state index in [0.717, 1.165) is 19.2 Å². The fourth-order valence-electron chi connectivity index (χ4n) is 3.82. The summed E-state index contributed by atoms with van der Waals surface area (Å²) in [6, 6.07) is 5.50. The predicted octanol–water partition coefficient (Wildman–Crippen LogP) is 3.95. The van der Waals surface area contributed by atoms with Gasteiger partial charge in [-0.3, -0.25) is 4.90 Å². The number of esters is 1. The molecule has 0 N–H and O–H groups in total. The molecule has 30 heavy (non-hydrogen) atoms. The zero-order valence-corrected chi connectivity index (χ0v) is 17.1. The molecule has 0 saturated carbocycles. The molecule has 2 bridgehead atoms. The van der Waals surface area contributed by atoms with Gasteiger partial charge in [-0.25, -0.2) is 9.59 Å². The Kier molecular flexibility index (Phi) is 5.62. The first-order valence-electron chi connectivity index (χ1n) is 9.49. The van der Waals surface area contributed by atoms with Gasteiger partial charge in [0.2, 0.25) is 0 Å². The molecule has 4 atom stereocenters. The Labute approximate surface area is 172 Å². The normalized spacial score (nSPS) is 25.2. The molecular weight excluding hydrogens is 403 g/mol. The number of fused-ring (bicyclic) bond motifs is 2. The number of methoxy groups -OCH3 is 1. The van der Waals surface area contributed by atoms with Crippen LogP contribution in [0.2, 0.25) is 0 Å². The van der Waals surface area contributed by atoms with Crippen molar-refractivity contribution in [1.82, 2.24) is 4.90 Å². The van der Waals surface area contributed by atoms with Gasteiger partial charge >= 0.3 is 18.2 Å². The minimum absolute atomic E-state index is 0.179. The van der Waals surface area contributed by atoms with Crippen LogP contribution in [0.5, 0.6) is 0 Å². The van der Waals surface area contributed by atoms with Crippen LogP contribution in [0.25, 0.3) is 0 Å². The highest BCUT2D eigenvalue weighted by Gasteiger charge is 2.65. The Balaban J connectivity index is 1.84. The molecule has 2 heterocycles. The lowest BCUT2D eigenvalue weighted by atomic mass is 9.92. The number of ether oxygens (including phenoxy) is 3. The number of carbonyl (C=O) groups is 2. The van der Waals surface area contributed by atoms with Crippen molar-refractivity contribution in [1.29, 1.82) is 0 Å². The molecule has 2 aliphatic heterocycles. The van der Waals surface area contributed by atoms with Crippen LogP contribution in [-0.2, 0) is 24.6 Å². The van der Waals surface area contributed by atoms with Crippen LogP contribution in [-0.4, -0.2) is 54.0 Å². The summed E-state index contributed by atoms with van der Waals surface area (Å²) >= 11 is 0. The Hall–Kier alpha value is -2.55. The molecule has 0 spiro atoms. The second-order valence-corrected chi connectivity index (χ2v) is 8.26. The van der Waals surface area contributed by atoms with Gasteiger partial charge in [0.1, 0.15) is 11.7 Å². The summed E-state index contributed by atoms with van der Waals surface area (Å²) in [6.45, 7) is 5.14. The van der Waals surface area contributed by atoms with Crippen molar-refractivity contribution in [3.8, 4) is 0 Å². The fourth-order valence-corrected chi connectivity index (χ4v) is 3.82. The zero-order chi connectivity index (χ0) is 22.3. The maximum Gasteiger partial charge on any atom is 0.432 e. The molecule has 0 aliphatic carbocycles. The van der Waals surface area contributed by atoms with Crippen molar-refractivity contribution in [2.24, 2.45) is 0 Å². The fraction of sp³-hybridized carbons (Fsp3) is 0.524. The van der Waals surface area contributed by atoms with Crippen molar-refractivity contribution in [2.45, 2.75) is 62.8 Å². The average Bonchev–Trinajstić information content (AvgIpc) is 3.19. The van der Waals surface area contributed by atoms with Crippen molar-refractivity contribution >= 4 is 12.1 Å². The van der Waals surface area contributed by atoms with Crippen molar-refractivity contribution in [2.75, 3.05) is 7.11 Å². The number of amides is 1. The Morgan fingerprint density at radius 1 is 1.07 bits per heavy atom. The summed E-state index contributed by atoms with van der Waals surface area (Å²) < 4.78 is 57.6. The maximum atomic E-state index is 14.0. The van der Waals surface area contributed by atoms with Crippen LogP contribution < -0.4 is 0 Å². The summed E-state index contributed by atoms with van der Waals surface area (Å²) in [7, 11) is 0.815. The molecule has 0 radical (unpaired) electrons. The topological polar surface area (TPSA) is 65.1 Å². The number of carbonyl (C=O) groups excluding carboxylic acids is 2. The predicted molar refractivity (Wildman–Crippen MR) is 100 cm³/mol.